The highest BCUT2D eigenvalue weighted by atomic mass is 32.2. The van der Waals surface area contributed by atoms with Crippen molar-refractivity contribution in [2.24, 2.45) is 4.99 Å². The fraction of sp³-hybridized carbons (Fsp3) is 0.304. The SMILES string of the molecule is Cc1nnc(/N=C2/S/C(=C\c3cccc4ccccc34)C(=O)N2C2CCCCC2)s1. The van der Waals surface area contributed by atoms with Gasteiger partial charge < -0.3 is 0 Å². The second kappa shape index (κ2) is 8.32. The molecule has 0 bridgehead atoms. The maximum absolute atomic E-state index is 13.5. The molecule has 0 atom stereocenters. The highest BCUT2D eigenvalue weighted by Gasteiger charge is 2.39. The third kappa shape index (κ3) is 3.79. The number of thioether (sulfide) groups is 1. The summed E-state index contributed by atoms with van der Waals surface area (Å²) < 4.78 is 0. The highest BCUT2D eigenvalue weighted by Crippen LogP contribution is 2.39. The predicted octanol–water partition coefficient (Wildman–Crippen LogP) is 5.94. The van der Waals surface area contributed by atoms with Crippen LogP contribution in [0.2, 0.25) is 0 Å². The molecule has 30 heavy (non-hydrogen) atoms. The van der Waals surface area contributed by atoms with E-state index in [1.54, 1.807) is 0 Å². The molecule has 1 saturated carbocycles. The van der Waals surface area contributed by atoms with Crippen LogP contribution in [0.3, 0.4) is 0 Å². The van der Waals surface area contributed by atoms with Crippen molar-refractivity contribution in [2.45, 2.75) is 45.1 Å². The summed E-state index contributed by atoms with van der Waals surface area (Å²) in [6.07, 6.45) is 7.63. The van der Waals surface area contributed by atoms with E-state index in [1.165, 1.54) is 34.9 Å². The summed E-state index contributed by atoms with van der Waals surface area (Å²) in [5, 5.41) is 12.7. The lowest BCUT2D eigenvalue weighted by atomic mass is 9.94. The number of aryl methyl sites for hydroxylation is 1. The second-order valence-electron chi connectivity index (χ2n) is 7.64. The van der Waals surface area contributed by atoms with E-state index in [-0.39, 0.29) is 11.9 Å². The molecular weight excluding hydrogens is 412 g/mol. The molecule has 2 fully saturated rings. The van der Waals surface area contributed by atoms with Crippen LogP contribution in [0.4, 0.5) is 5.13 Å². The monoisotopic (exact) mass is 434 g/mol. The Bertz CT molecular complexity index is 1160. The first-order chi connectivity index (χ1) is 14.7. The lowest BCUT2D eigenvalue weighted by Gasteiger charge is -2.30. The third-order valence-electron chi connectivity index (χ3n) is 5.59. The van der Waals surface area contributed by atoms with Crippen LogP contribution in [0.25, 0.3) is 16.8 Å². The Labute approximate surface area is 183 Å². The van der Waals surface area contributed by atoms with E-state index in [2.05, 4.69) is 34.5 Å². The average molecular weight is 435 g/mol. The van der Waals surface area contributed by atoms with Crippen molar-refractivity contribution < 1.29 is 4.79 Å². The Kier molecular flexibility index (Phi) is 5.39. The molecule has 1 aromatic heterocycles. The molecule has 5 nitrogen and oxygen atoms in total. The summed E-state index contributed by atoms with van der Waals surface area (Å²) >= 11 is 2.91. The van der Waals surface area contributed by atoms with E-state index in [9.17, 15) is 4.79 Å². The molecular formula is C23H22N4OS2. The van der Waals surface area contributed by atoms with Crippen molar-refractivity contribution in [3.05, 3.63) is 57.9 Å². The number of carbonyl (C=O) groups excluding carboxylic acids is 1. The summed E-state index contributed by atoms with van der Waals surface area (Å²) in [6.45, 7) is 1.92. The zero-order chi connectivity index (χ0) is 20.5. The molecule has 0 radical (unpaired) electrons. The van der Waals surface area contributed by atoms with E-state index in [1.807, 2.05) is 36.1 Å². The van der Waals surface area contributed by atoms with Crippen LogP contribution >= 0.6 is 23.1 Å². The number of carbonyl (C=O) groups is 1. The number of amidine groups is 1. The number of hydrogen-bond acceptors (Lipinski definition) is 6. The molecule has 152 valence electrons. The minimum absolute atomic E-state index is 0.0554. The maximum Gasteiger partial charge on any atom is 0.267 e. The summed E-state index contributed by atoms with van der Waals surface area (Å²) in [5.74, 6) is 0.0554. The molecule has 0 unspecified atom stereocenters. The van der Waals surface area contributed by atoms with Crippen LogP contribution in [0.5, 0.6) is 0 Å². The smallest absolute Gasteiger partial charge is 0.267 e. The van der Waals surface area contributed by atoms with E-state index < -0.39 is 0 Å². The first kappa shape index (κ1) is 19.5. The zero-order valence-corrected chi connectivity index (χ0v) is 18.4. The summed E-state index contributed by atoms with van der Waals surface area (Å²) in [7, 11) is 0. The minimum Gasteiger partial charge on any atom is -0.283 e. The van der Waals surface area contributed by atoms with Gasteiger partial charge in [-0.25, -0.2) is 0 Å². The molecule has 2 aliphatic rings. The van der Waals surface area contributed by atoms with Crippen LogP contribution in [0, 0.1) is 6.92 Å². The Balaban J connectivity index is 1.55. The molecule has 1 saturated heterocycles. The van der Waals surface area contributed by atoms with Crippen molar-refractivity contribution in [3.8, 4) is 0 Å². The number of hydrogen-bond donors (Lipinski definition) is 0. The van der Waals surface area contributed by atoms with Gasteiger partial charge in [0.05, 0.1) is 4.91 Å². The quantitative estimate of drug-likeness (QED) is 0.479. The summed E-state index contributed by atoms with van der Waals surface area (Å²) in [4.78, 5) is 20.8. The van der Waals surface area contributed by atoms with Crippen molar-refractivity contribution in [2.75, 3.05) is 0 Å². The van der Waals surface area contributed by atoms with Gasteiger partial charge in [0.25, 0.3) is 5.91 Å². The molecule has 0 spiro atoms. The number of benzene rings is 2. The van der Waals surface area contributed by atoms with Crippen molar-refractivity contribution >= 4 is 56.2 Å². The van der Waals surface area contributed by atoms with E-state index in [4.69, 9.17) is 4.99 Å². The van der Waals surface area contributed by atoms with Gasteiger partial charge in [0.2, 0.25) is 5.13 Å². The summed E-state index contributed by atoms with van der Waals surface area (Å²) in [6, 6.07) is 14.7. The normalized spacial score (nSPS) is 20.7. The molecule has 1 aliphatic carbocycles. The lowest BCUT2D eigenvalue weighted by molar-refractivity contribution is -0.124. The lowest BCUT2D eigenvalue weighted by Crippen LogP contribution is -2.40. The molecule has 0 N–H and O–H groups in total. The molecule has 2 aromatic carbocycles. The van der Waals surface area contributed by atoms with Crippen LogP contribution in [-0.4, -0.2) is 32.2 Å². The van der Waals surface area contributed by atoms with E-state index in [0.29, 0.717) is 5.13 Å². The van der Waals surface area contributed by atoms with Crippen LogP contribution in [0.15, 0.2) is 52.4 Å². The highest BCUT2D eigenvalue weighted by molar-refractivity contribution is 8.18. The van der Waals surface area contributed by atoms with Gasteiger partial charge in [0, 0.05) is 6.04 Å². The second-order valence-corrected chi connectivity index (χ2v) is 9.81. The fourth-order valence-electron chi connectivity index (χ4n) is 4.16. The van der Waals surface area contributed by atoms with Gasteiger partial charge in [-0.1, -0.05) is 73.1 Å². The molecule has 2 heterocycles. The minimum atomic E-state index is 0.0554. The molecule has 5 rings (SSSR count). The van der Waals surface area contributed by atoms with E-state index in [0.717, 1.165) is 51.7 Å². The van der Waals surface area contributed by atoms with Gasteiger partial charge in [0.15, 0.2) is 5.17 Å². The van der Waals surface area contributed by atoms with Gasteiger partial charge >= 0.3 is 0 Å². The molecule has 3 aromatic rings. The first-order valence-corrected chi connectivity index (χ1v) is 11.9. The van der Waals surface area contributed by atoms with E-state index >= 15 is 0 Å². The molecule has 1 amide bonds. The number of amides is 1. The Morgan fingerprint density at radius 2 is 1.87 bits per heavy atom. The van der Waals surface area contributed by atoms with Gasteiger partial charge in [-0.05, 0) is 53.9 Å². The fourth-order valence-corrected chi connectivity index (χ4v) is 5.80. The van der Waals surface area contributed by atoms with Gasteiger partial charge in [0.1, 0.15) is 5.01 Å². The van der Waals surface area contributed by atoms with Gasteiger partial charge in [-0.2, -0.15) is 4.99 Å². The van der Waals surface area contributed by atoms with Crippen LogP contribution < -0.4 is 0 Å². The standard InChI is InChI=1S/C23H22N4OS2/c1-15-25-26-22(29-15)24-23-27(18-11-3-2-4-12-18)21(28)20(30-23)14-17-10-7-9-16-8-5-6-13-19(16)17/h5-10,13-14,18H,2-4,11-12H2,1H3/b20-14-,24-23+. The Morgan fingerprint density at radius 1 is 1.07 bits per heavy atom. The van der Waals surface area contributed by atoms with Gasteiger partial charge in [-0.3, -0.25) is 9.69 Å². The number of nitrogens with zero attached hydrogens (tertiary/aromatic N) is 4. The average Bonchev–Trinajstić information content (AvgIpc) is 3.31. The largest absolute Gasteiger partial charge is 0.283 e. The molecule has 1 aliphatic heterocycles. The van der Waals surface area contributed by atoms with Crippen molar-refractivity contribution in [3.63, 3.8) is 0 Å². The zero-order valence-electron chi connectivity index (χ0n) is 16.7. The number of fused-ring (bicyclic) bond motifs is 1. The number of aromatic nitrogens is 2. The van der Waals surface area contributed by atoms with Gasteiger partial charge in [-0.15, -0.1) is 10.2 Å². The topological polar surface area (TPSA) is 58.5 Å². The Hall–Kier alpha value is -2.51. The number of rotatable bonds is 3. The predicted molar refractivity (Wildman–Crippen MR) is 125 cm³/mol. The van der Waals surface area contributed by atoms with Crippen molar-refractivity contribution in [1.82, 2.24) is 15.1 Å². The number of aliphatic imine (C=N–C) groups is 1. The first-order valence-electron chi connectivity index (χ1n) is 10.3. The van der Waals surface area contributed by atoms with Crippen LogP contribution in [-0.2, 0) is 4.79 Å². The third-order valence-corrected chi connectivity index (χ3v) is 7.31. The maximum atomic E-state index is 13.5. The van der Waals surface area contributed by atoms with Crippen molar-refractivity contribution in [1.29, 1.82) is 0 Å². The summed E-state index contributed by atoms with van der Waals surface area (Å²) in [5.41, 5.74) is 1.06. The Morgan fingerprint density at radius 3 is 2.67 bits per heavy atom. The van der Waals surface area contributed by atoms with Crippen LogP contribution in [0.1, 0.15) is 42.7 Å². The molecule has 7 heteroatoms.